The molecule has 0 amide bonds. The molecule has 0 saturated carbocycles. The lowest BCUT2D eigenvalue weighted by molar-refractivity contribution is 0.219. The van der Waals surface area contributed by atoms with Crippen molar-refractivity contribution in [3.63, 3.8) is 0 Å². The van der Waals surface area contributed by atoms with Crippen molar-refractivity contribution in [1.82, 2.24) is 0 Å². The van der Waals surface area contributed by atoms with Crippen molar-refractivity contribution >= 4 is 23.2 Å². The smallest absolute Gasteiger partial charge is 0.161 e. The van der Waals surface area contributed by atoms with E-state index in [9.17, 15) is 5.11 Å². The molecule has 1 atom stereocenters. The van der Waals surface area contributed by atoms with Crippen LogP contribution in [0.25, 0.3) is 0 Å². The van der Waals surface area contributed by atoms with Gasteiger partial charge < -0.3 is 14.6 Å². The molecule has 3 rings (SSSR count). The van der Waals surface area contributed by atoms with Crippen molar-refractivity contribution in [3.8, 4) is 11.5 Å². The molecule has 1 N–H and O–H groups in total. The molecule has 1 aliphatic heterocycles. The second-order valence-corrected chi connectivity index (χ2v) is 5.65. The fourth-order valence-corrected chi connectivity index (χ4v) is 2.53. The Kier molecular flexibility index (Phi) is 4.24. The number of benzene rings is 2. The number of fused-ring (bicyclic) bond motifs is 1. The van der Waals surface area contributed by atoms with Gasteiger partial charge in [0.05, 0.1) is 23.3 Å². The van der Waals surface area contributed by atoms with Crippen LogP contribution in [0.1, 0.15) is 23.7 Å². The summed E-state index contributed by atoms with van der Waals surface area (Å²) in [6.45, 7) is 1.25. The van der Waals surface area contributed by atoms with Crippen LogP contribution in [0, 0.1) is 0 Å². The van der Waals surface area contributed by atoms with Crippen molar-refractivity contribution in [2.24, 2.45) is 0 Å². The molecule has 0 aromatic heterocycles. The van der Waals surface area contributed by atoms with Crippen LogP contribution < -0.4 is 9.47 Å². The Morgan fingerprint density at radius 3 is 2.29 bits per heavy atom. The fourth-order valence-electron chi connectivity index (χ4n) is 2.22. The minimum Gasteiger partial charge on any atom is -0.490 e. The van der Waals surface area contributed by atoms with Gasteiger partial charge in [0.15, 0.2) is 11.5 Å². The first-order valence-electron chi connectivity index (χ1n) is 6.68. The van der Waals surface area contributed by atoms with Gasteiger partial charge in [0.2, 0.25) is 0 Å². The predicted octanol–water partition coefficient (Wildman–Crippen LogP) is 4.24. The monoisotopic (exact) mass is 324 g/mol. The molecular weight excluding hydrogens is 311 g/mol. The van der Waals surface area contributed by atoms with Crippen LogP contribution in [0.4, 0.5) is 0 Å². The van der Waals surface area contributed by atoms with Gasteiger partial charge in [-0.1, -0.05) is 35.3 Å². The molecule has 2 aromatic carbocycles. The van der Waals surface area contributed by atoms with Gasteiger partial charge >= 0.3 is 0 Å². The maximum Gasteiger partial charge on any atom is 0.161 e. The van der Waals surface area contributed by atoms with Gasteiger partial charge in [-0.05, 0) is 35.4 Å². The van der Waals surface area contributed by atoms with E-state index < -0.39 is 6.10 Å². The van der Waals surface area contributed by atoms with Crippen molar-refractivity contribution in [3.05, 3.63) is 57.6 Å². The highest BCUT2D eigenvalue weighted by Gasteiger charge is 2.16. The van der Waals surface area contributed by atoms with Crippen molar-refractivity contribution in [1.29, 1.82) is 0 Å². The quantitative estimate of drug-likeness (QED) is 0.898. The zero-order valence-electron chi connectivity index (χ0n) is 11.2. The van der Waals surface area contributed by atoms with E-state index in [0.717, 1.165) is 12.0 Å². The van der Waals surface area contributed by atoms with E-state index in [2.05, 4.69) is 0 Å². The van der Waals surface area contributed by atoms with E-state index in [-0.39, 0.29) is 0 Å². The average molecular weight is 325 g/mol. The molecule has 0 saturated heterocycles. The standard InChI is InChI=1S/C16H14Cl2O3/c17-12-4-2-10(8-13(12)18)16(19)11-3-5-14-15(9-11)21-7-1-6-20-14/h2-5,8-9,16,19H,1,6-7H2. The maximum absolute atomic E-state index is 10.5. The molecule has 1 aliphatic rings. The number of rotatable bonds is 2. The molecule has 2 aromatic rings. The molecule has 0 aliphatic carbocycles. The second kappa shape index (κ2) is 6.14. The fraction of sp³-hybridized carbons (Fsp3) is 0.250. The molecule has 110 valence electrons. The zero-order chi connectivity index (χ0) is 14.8. The van der Waals surface area contributed by atoms with Crippen LogP contribution in [0.5, 0.6) is 11.5 Å². The van der Waals surface area contributed by atoms with Gasteiger partial charge in [-0.2, -0.15) is 0 Å². The summed E-state index contributed by atoms with van der Waals surface area (Å²) in [5.74, 6) is 1.36. The highest BCUT2D eigenvalue weighted by Crippen LogP contribution is 2.35. The maximum atomic E-state index is 10.5. The summed E-state index contributed by atoms with van der Waals surface area (Å²) in [5, 5.41) is 11.4. The molecule has 1 unspecified atom stereocenters. The van der Waals surface area contributed by atoms with Gasteiger partial charge in [0, 0.05) is 6.42 Å². The molecule has 3 nitrogen and oxygen atoms in total. The van der Waals surface area contributed by atoms with Gasteiger partial charge in [-0.3, -0.25) is 0 Å². The lowest BCUT2D eigenvalue weighted by Crippen LogP contribution is -2.01. The Balaban J connectivity index is 1.92. The van der Waals surface area contributed by atoms with Crippen molar-refractivity contribution in [2.75, 3.05) is 13.2 Å². The Labute approximate surface area is 133 Å². The molecule has 21 heavy (non-hydrogen) atoms. The predicted molar refractivity (Wildman–Crippen MR) is 82.6 cm³/mol. The zero-order valence-corrected chi connectivity index (χ0v) is 12.7. The lowest BCUT2D eigenvalue weighted by Gasteiger charge is -2.15. The number of ether oxygens (including phenoxy) is 2. The Morgan fingerprint density at radius 2 is 1.52 bits per heavy atom. The van der Waals surface area contributed by atoms with Crippen LogP contribution >= 0.6 is 23.2 Å². The third-order valence-electron chi connectivity index (χ3n) is 3.35. The van der Waals surface area contributed by atoms with E-state index in [0.29, 0.717) is 40.3 Å². The van der Waals surface area contributed by atoms with Crippen LogP contribution in [0.15, 0.2) is 36.4 Å². The molecule has 0 spiro atoms. The number of halogens is 2. The van der Waals surface area contributed by atoms with E-state index in [1.807, 2.05) is 12.1 Å². The normalized spacial score (nSPS) is 15.4. The topological polar surface area (TPSA) is 38.7 Å². The molecule has 5 heteroatoms. The second-order valence-electron chi connectivity index (χ2n) is 4.83. The molecular formula is C16H14Cl2O3. The molecule has 0 bridgehead atoms. The third kappa shape index (κ3) is 3.10. The van der Waals surface area contributed by atoms with Crippen molar-refractivity contribution in [2.45, 2.75) is 12.5 Å². The Bertz CT molecular complexity index is 658. The van der Waals surface area contributed by atoms with E-state index in [1.54, 1.807) is 24.3 Å². The number of hydrogen-bond donors (Lipinski definition) is 1. The van der Waals surface area contributed by atoms with Gasteiger partial charge in [-0.25, -0.2) is 0 Å². The first-order valence-corrected chi connectivity index (χ1v) is 7.43. The van der Waals surface area contributed by atoms with E-state index in [4.69, 9.17) is 32.7 Å². The number of aliphatic hydroxyl groups is 1. The minimum atomic E-state index is -0.795. The summed E-state index contributed by atoms with van der Waals surface area (Å²) in [6.07, 6.45) is 0.0521. The first kappa shape index (κ1) is 14.5. The largest absolute Gasteiger partial charge is 0.490 e. The minimum absolute atomic E-state index is 0.419. The summed E-state index contributed by atoms with van der Waals surface area (Å²) in [7, 11) is 0. The summed E-state index contributed by atoms with van der Waals surface area (Å²) in [4.78, 5) is 0. The van der Waals surface area contributed by atoms with Gasteiger partial charge in [-0.15, -0.1) is 0 Å². The molecule has 0 radical (unpaired) electrons. The summed E-state index contributed by atoms with van der Waals surface area (Å²) < 4.78 is 11.2. The SMILES string of the molecule is OC(c1ccc(Cl)c(Cl)c1)c1ccc2c(c1)OCCCO2. The van der Waals surface area contributed by atoms with Crippen molar-refractivity contribution < 1.29 is 14.6 Å². The Morgan fingerprint density at radius 1 is 0.857 bits per heavy atom. The first-order chi connectivity index (χ1) is 10.1. The molecule has 0 fully saturated rings. The van der Waals surface area contributed by atoms with Crippen LogP contribution in [-0.4, -0.2) is 18.3 Å². The van der Waals surface area contributed by atoms with Gasteiger partial charge in [0.25, 0.3) is 0 Å². The third-order valence-corrected chi connectivity index (χ3v) is 4.09. The number of aliphatic hydroxyl groups excluding tert-OH is 1. The summed E-state index contributed by atoms with van der Waals surface area (Å²) in [6, 6.07) is 10.5. The van der Waals surface area contributed by atoms with Gasteiger partial charge in [0.1, 0.15) is 6.10 Å². The Hall–Kier alpha value is -1.42. The lowest BCUT2D eigenvalue weighted by atomic mass is 10.0. The number of hydrogen-bond acceptors (Lipinski definition) is 3. The van der Waals surface area contributed by atoms with Crippen LogP contribution in [-0.2, 0) is 0 Å². The summed E-state index contributed by atoms with van der Waals surface area (Å²) >= 11 is 11.9. The van der Waals surface area contributed by atoms with E-state index >= 15 is 0 Å². The highest BCUT2D eigenvalue weighted by molar-refractivity contribution is 6.42. The molecule has 1 heterocycles. The highest BCUT2D eigenvalue weighted by atomic mass is 35.5. The van der Waals surface area contributed by atoms with Crippen LogP contribution in [0.3, 0.4) is 0 Å². The average Bonchev–Trinajstić information content (AvgIpc) is 2.73. The summed E-state index contributed by atoms with van der Waals surface area (Å²) in [5.41, 5.74) is 1.40. The van der Waals surface area contributed by atoms with E-state index in [1.165, 1.54) is 0 Å². The van der Waals surface area contributed by atoms with Crippen LogP contribution in [0.2, 0.25) is 10.0 Å².